The first-order valence-electron chi connectivity index (χ1n) is 5.70. The van der Waals surface area contributed by atoms with Crippen LogP contribution in [-0.2, 0) is 0 Å². The van der Waals surface area contributed by atoms with Gasteiger partial charge in [0.25, 0.3) is 0 Å². The van der Waals surface area contributed by atoms with Gasteiger partial charge in [0.2, 0.25) is 0 Å². The summed E-state index contributed by atoms with van der Waals surface area (Å²) in [5, 5.41) is 3.56. The van der Waals surface area contributed by atoms with Crippen molar-refractivity contribution in [3.8, 4) is 5.75 Å². The molecule has 0 spiro atoms. The maximum absolute atomic E-state index is 11.7. The van der Waals surface area contributed by atoms with E-state index in [-0.39, 0.29) is 6.04 Å². The molecule has 0 aliphatic rings. The zero-order chi connectivity index (χ0) is 14.0. The van der Waals surface area contributed by atoms with Crippen molar-refractivity contribution in [1.82, 2.24) is 10.3 Å². The second-order valence-electron chi connectivity index (χ2n) is 4.27. The van der Waals surface area contributed by atoms with Gasteiger partial charge in [0.15, 0.2) is 5.75 Å². The molecule has 6 heteroatoms. The van der Waals surface area contributed by atoms with Crippen molar-refractivity contribution in [3.63, 3.8) is 0 Å². The Kier molecular flexibility index (Phi) is 4.42. The summed E-state index contributed by atoms with van der Waals surface area (Å²) in [5.74, 6) is 0.428. The third-order valence-corrected chi connectivity index (χ3v) is 3.39. The number of para-hydroxylation sites is 1. The minimum atomic E-state index is -0.486. The smallest absolute Gasteiger partial charge is 0.408 e. The van der Waals surface area contributed by atoms with Crippen LogP contribution in [-0.4, -0.2) is 17.1 Å². The van der Waals surface area contributed by atoms with E-state index in [1.807, 2.05) is 32.0 Å². The van der Waals surface area contributed by atoms with E-state index < -0.39 is 6.09 Å². The fourth-order valence-corrected chi connectivity index (χ4v) is 2.85. The fourth-order valence-electron chi connectivity index (χ4n) is 1.60. The summed E-state index contributed by atoms with van der Waals surface area (Å²) in [4.78, 5) is 16.0. The van der Waals surface area contributed by atoms with Crippen molar-refractivity contribution < 1.29 is 9.53 Å². The predicted octanol–water partition coefficient (Wildman–Crippen LogP) is 4.26. The predicted molar refractivity (Wildman–Crippen MR) is 81.4 cm³/mol. The van der Waals surface area contributed by atoms with Crippen LogP contribution in [0.3, 0.4) is 0 Å². The average Bonchev–Trinajstić information content (AvgIpc) is 2.29. The molecular weight excluding hydrogens is 376 g/mol. The van der Waals surface area contributed by atoms with E-state index in [1.54, 1.807) is 6.07 Å². The van der Waals surface area contributed by atoms with Crippen molar-refractivity contribution in [2.24, 2.45) is 0 Å². The van der Waals surface area contributed by atoms with Crippen LogP contribution < -0.4 is 10.1 Å². The van der Waals surface area contributed by atoms with Crippen molar-refractivity contribution >= 4 is 48.9 Å². The van der Waals surface area contributed by atoms with Crippen LogP contribution in [0.15, 0.2) is 33.3 Å². The van der Waals surface area contributed by atoms with Gasteiger partial charge in [0.1, 0.15) is 10.1 Å². The monoisotopic (exact) mass is 386 g/mol. The Bertz CT molecular complexity index is 629. The van der Waals surface area contributed by atoms with Crippen LogP contribution in [0.25, 0.3) is 10.9 Å². The molecule has 0 aliphatic heterocycles. The SMILES string of the molecule is CC(C)NC(=O)Oc1cccc2c(Br)cc(Br)nc12. The van der Waals surface area contributed by atoms with Crippen LogP contribution in [0, 0.1) is 0 Å². The highest BCUT2D eigenvalue weighted by atomic mass is 79.9. The summed E-state index contributed by atoms with van der Waals surface area (Å²) in [6.07, 6.45) is -0.486. The van der Waals surface area contributed by atoms with Crippen LogP contribution in [0.1, 0.15) is 13.8 Å². The number of carbonyl (C=O) groups is 1. The van der Waals surface area contributed by atoms with E-state index in [0.29, 0.717) is 15.9 Å². The molecule has 1 aromatic heterocycles. The molecule has 100 valence electrons. The highest BCUT2D eigenvalue weighted by Gasteiger charge is 2.12. The van der Waals surface area contributed by atoms with Gasteiger partial charge < -0.3 is 10.1 Å². The molecule has 2 aromatic rings. The molecule has 0 saturated heterocycles. The second kappa shape index (κ2) is 5.88. The molecule has 0 radical (unpaired) electrons. The third kappa shape index (κ3) is 3.45. The molecule has 1 heterocycles. The molecular formula is C13H12Br2N2O2. The first-order chi connectivity index (χ1) is 8.97. The molecule has 1 N–H and O–H groups in total. The number of carbonyl (C=O) groups excluding carboxylic acids is 1. The number of nitrogens with one attached hydrogen (secondary N) is 1. The lowest BCUT2D eigenvalue weighted by molar-refractivity contribution is 0.198. The Balaban J connectivity index is 2.41. The molecule has 0 aliphatic carbocycles. The molecule has 0 unspecified atom stereocenters. The first kappa shape index (κ1) is 14.3. The molecule has 19 heavy (non-hydrogen) atoms. The van der Waals surface area contributed by atoms with Crippen LogP contribution in [0.5, 0.6) is 5.75 Å². The molecule has 1 amide bonds. The van der Waals surface area contributed by atoms with Crippen LogP contribution in [0.4, 0.5) is 4.79 Å². The highest BCUT2D eigenvalue weighted by Crippen LogP contribution is 2.31. The van der Waals surface area contributed by atoms with E-state index in [4.69, 9.17) is 4.74 Å². The number of ether oxygens (including phenoxy) is 1. The Labute approximate surface area is 127 Å². The Morgan fingerprint density at radius 2 is 2.11 bits per heavy atom. The zero-order valence-corrected chi connectivity index (χ0v) is 13.6. The minimum Gasteiger partial charge on any atom is -0.408 e. The number of benzene rings is 1. The van der Waals surface area contributed by atoms with E-state index in [1.165, 1.54) is 0 Å². The van der Waals surface area contributed by atoms with Crippen molar-refractivity contribution in [2.45, 2.75) is 19.9 Å². The Hall–Kier alpha value is -1.14. The summed E-state index contributed by atoms with van der Waals surface area (Å²) in [5.41, 5.74) is 0.627. The molecule has 1 aromatic carbocycles. The Morgan fingerprint density at radius 1 is 1.37 bits per heavy atom. The summed E-state index contributed by atoms with van der Waals surface area (Å²) >= 11 is 6.79. The zero-order valence-electron chi connectivity index (χ0n) is 10.4. The molecule has 4 nitrogen and oxygen atoms in total. The van der Waals surface area contributed by atoms with Crippen molar-refractivity contribution in [1.29, 1.82) is 0 Å². The second-order valence-corrected chi connectivity index (χ2v) is 5.93. The number of aromatic nitrogens is 1. The highest BCUT2D eigenvalue weighted by molar-refractivity contribution is 9.11. The summed E-state index contributed by atoms with van der Waals surface area (Å²) < 4.78 is 6.86. The fraction of sp³-hybridized carbons (Fsp3) is 0.231. The number of amides is 1. The number of halogens is 2. The average molecular weight is 388 g/mol. The topological polar surface area (TPSA) is 51.2 Å². The number of rotatable bonds is 2. The lowest BCUT2D eigenvalue weighted by Gasteiger charge is -2.11. The van der Waals surface area contributed by atoms with E-state index >= 15 is 0 Å². The minimum absolute atomic E-state index is 0.0221. The van der Waals surface area contributed by atoms with Crippen LogP contribution >= 0.6 is 31.9 Å². The van der Waals surface area contributed by atoms with Gasteiger partial charge in [-0.1, -0.05) is 12.1 Å². The lowest BCUT2D eigenvalue weighted by Crippen LogP contribution is -2.32. The van der Waals surface area contributed by atoms with Gasteiger partial charge in [-0.25, -0.2) is 9.78 Å². The van der Waals surface area contributed by atoms with Gasteiger partial charge >= 0.3 is 6.09 Å². The molecule has 0 bridgehead atoms. The van der Waals surface area contributed by atoms with E-state index in [2.05, 4.69) is 42.2 Å². The summed E-state index contributed by atoms with van der Waals surface area (Å²) in [6, 6.07) is 7.31. The molecule has 2 rings (SSSR count). The largest absolute Gasteiger partial charge is 0.412 e. The van der Waals surface area contributed by atoms with Gasteiger partial charge in [-0.05, 0) is 57.8 Å². The van der Waals surface area contributed by atoms with Gasteiger partial charge in [-0.15, -0.1) is 0 Å². The van der Waals surface area contributed by atoms with Gasteiger partial charge in [0.05, 0.1) is 0 Å². The number of pyridine rings is 1. The Morgan fingerprint density at radius 3 is 2.79 bits per heavy atom. The van der Waals surface area contributed by atoms with Crippen molar-refractivity contribution in [2.75, 3.05) is 0 Å². The van der Waals surface area contributed by atoms with E-state index in [9.17, 15) is 4.79 Å². The third-order valence-electron chi connectivity index (χ3n) is 2.33. The molecule has 0 saturated carbocycles. The quantitative estimate of drug-likeness (QED) is 0.783. The molecule has 0 atom stereocenters. The normalized spacial score (nSPS) is 10.8. The summed E-state index contributed by atoms with van der Waals surface area (Å²) in [6.45, 7) is 3.74. The van der Waals surface area contributed by atoms with Gasteiger partial charge in [-0.3, -0.25) is 0 Å². The molecule has 0 fully saturated rings. The number of hydrogen-bond donors (Lipinski definition) is 1. The van der Waals surface area contributed by atoms with Crippen LogP contribution in [0.2, 0.25) is 0 Å². The van der Waals surface area contributed by atoms with Gasteiger partial charge in [-0.2, -0.15) is 0 Å². The maximum Gasteiger partial charge on any atom is 0.412 e. The lowest BCUT2D eigenvalue weighted by atomic mass is 10.2. The summed E-state index contributed by atoms with van der Waals surface area (Å²) in [7, 11) is 0. The van der Waals surface area contributed by atoms with Gasteiger partial charge in [0, 0.05) is 15.9 Å². The van der Waals surface area contributed by atoms with Crippen molar-refractivity contribution in [3.05, 3.63) is 33.3 Å². The number of fused-ring (bicyclic) bond motifs is 1. The standard InChI is InChI=1S/C13H12Br2N2O2/c1-7(2)16-13(18)19-10-5-3-4-8-9(14)6-11(15)17-12(8)10/h3-7H,1-2H3,(H,16,18). The van der Waals surface area contributed by atoms with E-state index in [0.717, 1.165) is 9.86 Å². The number of nitrogens with zero attached hydrogens (tertiary/aromatic N) is 1. The number of hydrogen-bond acceptors (Lipinski definition) is 3. The first-order valence-corrected chi connectivity index (χ1v) is 7.29. The maximum atomic E-state index is 11.7.